The lowest BCUT2D eigenvalue weighted by Crippen LogP contribution is -2.25. The summed E-state index contributed by atoms with van der Waals surface area (Å²) in [6.45, 7) is 3.71. The topological polar surface area (TPSA) is 124 Å². The number of methoxy groups -OCH3 is 1. The summed E-state index contributed by atoms with van der Waals surface area (Å²) in [7, 11) is 1.49. The second-order valence-corrected chi connectivity index (χ2v) is 12.0. The lowest BCUT2D eigenvalue weighted by Gasteiger charge is -2.15. The van der Waals surface area contributed by atoms with E-state index in [-0.39, 0.29) is 25.0 Å². The number of esters is 1. The van der Waals surface area contributed by atoms with Gasteiger partial charge in [-0.1, -0.05) is 23.9 Å². The van der Waals surface area contributed by atoms with E-state index >= 15 is 0 Å². The summed E-state index contributed by atoms with van der Waals surface area (Å²) in [4.78, 5) is 40.1. The fourth-order valence-electron chi connectivity index (χ4n) is 4.76. The van der Waals surface area contributed by atoms with Gasteiger partial charge in [-0.3, -0.25) is 14.2 Å². The van der Waals surface area contributed by atoms with E-state index in [9.17, 15) is 18.8 Å². The molecule has 224 valence electrons. The fourth-order valence-corrected chi connectivity index (χ4v) is 6.93. The Morgan fingerprint density at radius 1 is 1.12 bits per heavy atom. The monoisotopic (exact) mass is 623 g/mol. The Labute approximate surface area is 256 Å². The van der Waals surface area contributed by atoms with Gasteiger partial charge >= 0.3 is 5.97 Å². The van der Waals surface area contributed by atoms with Gasteiger partial charge in [-0.25, -0.2) is 9.18 Å². The third kappa shape index (κ3) is 6.57. The van der Waals surface area contributed by atoms with Crippen LogP contribution in [-0.4, -0.2) is 51.5 Å². The molecule has 0 spiro atoms. The smallest absolute Gasteiger partial charge is 0.341 e. The van der Waals surface area contributed by atoms with E-state index < -0.39 is 17.0 Å². The Bertz CT molecular complexity index is 1650. The predicted octanol–water partition coefficient (Wildman–Crippen LogP) is 5.19. The van der Waals surface area contributed by atoms with Crippen LogP contribution >= 0.6 is 23.1 Å². The number of benzene rings is 2. The molecule has 5 rings (SSSR count). The van der Waals surface area contributed by atoms with Gasteiger partial charge in [-0.15, -0.1) is 21.5 Å². The second-order valence-electron chi connectivity index (χ2n) is 9.62. The van der Waals surface area contributed by atoms with Crippen LogP contribution < -0.4 is 15.4 Å². The normalized spacial score (nSPS) is 12.8. The number of fused-ring (bicyclic) bond motifs is 1. The first-order valence-corrected chi connectivity index (χ1v) is 15.4. The van der Waals surface area contributed by atoms with E-state index in [4.69, 9.17) is 9.47 Å². The van der Waals surface area contributed by atoms with Gasteiger partial charge in [0.2, 0.25) is 5.91 Å². The van der Waals surface area contributed by atoms with Gasteiger partial charge in [0.1, 0.15) is 16.6 Å². The highest BCUT2D eigenvalue weighted by Crippen LogP contribution is 2.40. The van der Waals surface area contributed by atoms with E-state index in [2.05, 4.69) is 20.8 Å². The average Bonchev–Trinajstić information content (AvgIpc) is 3.71. The maximum Gasteiger partial charge on any atom is 0.341 e. The van der Waals surface area contributed by atoms with Crippen LogP contribution in [0, 0.1) is 5.82 Å². The van der Waals surface area contributed by atoms with Gasteiger partial charge in [-0.2, -0.15) is 0 Å². The third-order valence-electron chi connectivity index (χ3n) is 6.83. The number of thiophene rings is 1. The Morgan fingerprint density at radius 3 is 2.63 bits per heavy atom. The van der Waals surface area contributed by atoms with Crippen LogP contribution in [0.25, 0.3) is 5.69 Å². The number of aryl methyl sites for hydroxylation is 1. The molecule has 10 nitrogen and oxygen atoms in total. The van der Waals surface area contributed by atoms with Crippen LogP contribution in [0.4, 0.5) is 9.39 Å². The number of anilines is 1. The molecular formula is C30H30FN5O5S2. The highest BCUT2D eigenvalue weighted by Gasteiger charge is 2.30. The van der Waals surface area contributed by atoms with E-state index in [0.717, 1.165) is 41.5 Å². The SMILES string of the molecule is CCOC(=O)c1c(NC(=O)C(C)Sc2nnc(CNC(=O)c3ccccc3OC)n2-c2ccc(F)cc2)sc2c1CCC2. The standard InChI is InChI=1S/C30H30FN5O5S2/c1-4-41-29(39)25-21-9-7-11-23(21)43-28(25)33-26(37)17(2)42-30-35-34-24(36(30)19-14-12-18(31)13-15-19)16-32-27(38)20-8-5-6-10-22(20)40-3/h5-6,8,10,12-15,17H,4,7,9,11,16H2,1-3H3,(H,32,38)(H,33,37). The number of nitrogens with one attached hydrogen (secondary N) is 2. The number of rotatable bonds is 11. The molecule has 13 heteroatoms. The zero-order chi connectivity index (χ0) is 30.5. The van der Waals surface area contributed by atoms with Crippen LogP contribution in [0.5, 0.6) is 5.75 Å². The van der Waals surface area contributed by atoms with Crippen LogP contribution in [0.3, 0.4) is 0 Å². The van der Waals surface area contributed by atoms with Gasteiger partial charge in [0.05, 0.1) is 36.6 Å². The van der Waals surface area contributed by atoms with Gasteiger partial charge < -0.3 is 20.1 Å². The summed E-state index contributed by atoms with van der Waals surface area (Å²) < 4.78 is 26.0. The van der Waals surface area contributed by atoms with Gasteiger partial charge in [0, 0.05) is 10.6 Å². The predicted molar refractivity (Wildman–Crippen MR) is 162 cm³/mol. The number of aromatic nitrogens is 3. The van der Waals surface area contributed by atoms with Crippen molar-refractivity contribution in [2.75, 3.05) is 19.0 Å². The molecule has 1 unspecified atom stereocenters. The van der Waals surface area contributed by atoms with Crippen molar-refractivity contribution in [3.05, 3.63) is 81.7 Å². The van der Waals surface area contributed by atoms with Crippen molar-refractivity contribution in [2.24, 2.45) is 0 Å². The lowest BCUT2D eigenvalue weighted by molar-refractivity contribution is -0.115. The molecule has 0 saturated carbocycles. The minimum atomic E-state index is -0.647. The number of ether oxygens (including phenoxy) is 2. The van der Waals surface area contributed by atoms with Crippen molar-refractivity contribution >= 4 is 45.9 Å². The molecule has 1 aliphatic rings. The maximum atomic E-state index is 13.8. The Hall–Kier alpha value is -4.23. The molecule has 0 radical (unpaired) electrons. The first kappa shape index (κ1) is 30.2. The van der Waals surface area contributed by atoms with Crippen LogP contribution in [0.1, 0.15) is 57.2 Å². The number of carbonyl (C=O) groups is 3. The molecule has 2 aromatic heterocycles. The molecule has 43 heavy (non-hydrogen) atoms. The summed E-state index contributed by atoms with van der Waals surface area (Å²) in [5, 5.41) is 14.5. The van der Waals surface area contributed by atoms with Crippen molar-refractivity contribution in [1.82, 2.24) is 20.1 Å². The number of thioether (sulfide) groups is 1. The molecule has 0 saturated heterocycles. The van der Waals surface area contributed by atoms with E-state index in [1.807, 2.05) is 0 Å². The van der Waals surface area contributed by atoms with Gasteiger partial charge in [-0.05, 0) is 75.1 Å². The summed E-state index contributed by atoms with van der Waals surface area (Å²) in [6.07, 6.45) is 2.61. The zero-order valence-electron chi connectivity index (χ0n) is 23.8. The molecular weight excluding hydrogens is 593 g/mol. The summed E-state index contributed by atoms with van der Waals surface area (Å²) in [6, 6.07) is 12.6. The number of amides is 2. The molecule has 2 heterocycles. The summed E-state index contributed by atoms with van der Waals surface area (Å²) >= 11 is 2.56. The Balaban J connectivity index is 1.36. The van der Waals surface area contributed by atoms with Gasteiger partial charge in [0.15, 0.2) is 11.0 Å². The van der Waals surface area contributed by atoms with Crippen molar-refractivity contribution < 1.29 is 28.2 Å². The summed E-state index contributed by atoms with van der Waals surface area (Å²) in [5.74, 6) is -0.732. The quantitative estimate of drug-likeness (QED) is 0.173. The van der Waals surface area contributed by atoms with Crippen molar-refractivity contribution in [3.63, 3.8) is 0 Å². The molecule has 2 N–H and O–H groups in total. The van der Waals surface area contributed by atoms with Crippen molar-refractivity contribution in [1.29, 1.82) is 0 Å². The second kappa shape index (κ2) is 13.4. The maximum absolute atomic E-state index is 13.8. The number of nitrogens with zero attached hydrogens (tertiary/aromatic N) is 3. The minimum absolute atomic E-state index is 0.00600. The molecule has 2 amide bonds. The molecule has 1 atom stereocenters. The number of carbonyl (C=O) groups excluding carboxylic acids is 3. The van der Waals surface area contributed by atoms with Gasteiger partial charge in [0.25, 0.3) is 5.91 Å². The van der Waals surface area contributed by atoms with E-state index in [1.165, 1.54) is 30.6 Å². The van der Waals surface area contributed by atoms with E-state index in [0.29, 0.717) is 38.5 Å². The number of hydrogen-bond donors (Lipinski definition) is 2. The number of hydrogen-bond acceptors (Lipinski definition) is 9. The summed E-state index contributed by atoms with van der Waals surface area (Å²) in [5.41, 5.74) is 2.31. The minimum Gasteiger partial charge on any atom is -0.496 e. The molecule has 0 aliphatic heterocycles. The lowest BCUT2D eigenvalue weighted by atomic mass is 10.1. The number of para-hydroxylation sites is 1. The van der Waals surface area contributed by atoms with Crippen LogP contribution in [0.2, 0.25) is 0 Å². The molecule has 1 aliphatic carbocycles. The first-order chi connectivity index (χ1) is 20.8. The van der Waals surface area contributed by atoms with Crippen LogP contribution in [0.15, 0.2) is 53.7 Å². The third-order valence-corrected chi connectivity index (χ3v) is 9.08. The first-order valence-electron chi connectivity index (χ1n) is 13.7. The molecule has 4 aromatic rings. The Morgan fingerprint density at radius 2 is 1.88 bits per heavy atom. The Kier molecular flexibility index (Phi) is 9.41. The largest absolute Gasteiger partial charge is 0.496 e. The van der Waals surface area contributed by atoms with E-state index in [1.54, 1.807) is 54.8 Å². The fraction of sp³-hybridized carbons (Fsp3) is 0.300. The number of halogens is 1. The van der Waals surface area contributed by atoms with Crippen LogP contribution in [-0.2, 0) is 28.9 Å². The zero-order valence-corrected chi connectivity index (χ0v) is 25.4. The average molecular weight is 624 g/mol. The van der Waals surface area contributed by atoms with Crippen molar-refractivity contribution in [3.8, 4) is 11.4 Å². The van der Waals surface area contributed by atoms with Crippen molar-refractivity contribution in [2.45, 2.75) is 50.1 Å². The molecule has 2 aromatic carbocycles. The highest BCUT2D eigenvalue weighted by molar-refractivity contribution is 8.00. The molecule has 0 bridgehead atoms. The highest BCUT2D eigenvalue weighted by atomic mass is 32.2. The molecule has 0 fully saturated rings.